The molecular weight excluding hydrogens is 352 g/mol. The fraction of sp³-hybridized carbons (Fsp3) is 0.364. The number of carbonyl (C=O) groups excluding carboxylic acids is 1. The molecule has 1 aliphatic heterocycles. The number of guanidine groups is 1. The number of nitrogens with one attached hydrogen (secondary N) is 3. The van der Waals surface area contributed by atoms with Crippen molar-refractivity contribution >= 4 is 17.6 Å². The van der Waals surface area contributed by atoms with Gasteiger partial charge in [0.25, 0.3) is 0 Å². The molecule has 6 nitrogen and oxygen atoms in total. The number of carbonyl (C=O) groups is 1. The van der Waals surface area contributed by atoms with Gasteiger partial charge in [-0.1, -0.05) is 23.8 Å². The van der Waals surface area contributed by atoms with Gasteiger partial charge in [0.15, 0.2) is 5.96 Å². The molecule has 1 amide bonds. The molecule has 2 aromatic carbocycles. The zero-order valence-electron chi connectivity index (χ0n) is 16.8. The van der Waals surface area contributed by atoms with Crippen molar-refractivity contribution in [3.05, 3.63) is 58.7 Å². The fourth-order valence-electron chi connectivity index (χ4n) is 3.23. The number of ether oxygens (including phenoxy) is 1. The van der Waals surface area contributed by atoms with Crippen molar-refractivity contribution in [1.82, 2.24) is 10.6 Å². The van der Waals surface area contributed by atoms with Crippen LogP contribution in [0.15, 0.2) is 41.4 Å². The molecule has 0 bridgehead atoms. The number of aryl methyl sites for hydroxylation is 3. The minimum absolute atomic E-state index is 0.0741. The van der Waals surface area contributed by atoms with Gasteiger partial charge < -0.3 is 20.7 Å². The average Bonchev–Trinajstić information content (AvgIpc) is 2.68. The van der Waals surface area contributed by atoms with Gasteiger partial charge in [-0.3, -0.25) is 9.79 Å². The largest absolute Gasteiger partial charge is 0.492 e. The molecule has 28 heavy (non-hydrogen) atoms. The number of benzene rings is 2. The van der Waals surface area contributed by atoms with Crippen molar-refractivity contribution in [2.45, 2.75) is 33.2 Å². The normalized spacial score (nSPS) is 13.5. The van der Waals surface area contributed by atoms with Gasteiger partial charge in [-0.05, 0) is 55.2 Å². The Labute approximate surface area is 166 Å². The van der Waals surface area contributed by atoms with Crippen LogP contribution in [0.1, 0.15) is 28.7 Å². The van der Waals surface area contributed by atoms with Gasteiger partial charge in [0.1, 0.15) is 12.4 Å². The molecule has 0 spiro atoms. The second kappa shape index (κ2) is 9.26. The Kier molecular flexibility index (Phi) is 6.53. The minimum Gasteiger partial charge on any atom is -0.492 e. The lowest BCUT2D eigenvalue weighted by Gasteiger charge is -2.18. The van der Waals surface area contributed by atoms with Crippen LogP contribution in [-0.2, 0) is 17.8 Å². The van der Waals surface area contributed by atoms with Gasteiger partial charge in [0.05, 0.1) is 6.54 Å². The van der Waals surface area contributed by atoms with Crippen LogP contribution in [0.25, 0.3) is 0 Å². The first-order chi connectivity index (χ1) is 13.5. The molecule has 0 saturated heterocycles. The molecule has 0 radical (unpaired) electrons. The molecule has 1 heterocycles. The van der Waals surface area contributed by atoms with E-state index in [4.69, 9.17) is 4.74 Å². The SMILES string of the molecule is CN=C(NCCOc1ccc2c(c1)CCC(=O)N2)NCc1ccc(C)cc1C. The summed E-state index contributed by atoms with van der Waals surface area (Å²) in [6, 6.07) is 12.2. The molecular formula is C22H28N4O2. The Bertz CT molecular complexity index is 877. The number of rotatable bonds is 6. The van der Waals surface area contributed by atoms with Crippen LogP contribution >= 0.6 is 0 Å². The van der Waals surface area contributed by atoms with E-state index in [0.29, 0.717) is 19.6 Å². The second-order valence-electron chi connectivity index (χ2n) is 7.00. The number of aliphatic imine (C=N–C) groups is 1. The Morgan fingerprint density at radius 1 is 1.14 bits per heavy atom. The Hall–Kier alpha value is -3.02. The molecule has 6 heteroatoms. The molecule has 148 valence electrons. The lowest BCUT2D eigenvalue weighted by atomic mass is 10.0. The Morgan fingerprint density at radius 2 is 2.00 bits per heavy atom. The summed E-state index contributed by atoms with van der Waals surface area (Å²) in [7, 11) is 1.76. The zero-order chi connectivity index (χ0) is 19.9. The lowest BCUT2D eigenvalue weighted by Crippen LogP contribution is -2.39. The first-order valence-electron chi connectivity index (χ1n) is 9.61. The summed E-state index contributed by atoms with van der Waals surface area (Å²) in [5, 5.41) is 9.48. The van der Waals surface area contributed by atoms with Crippen LogP contribution in [0.2, 0.25) is 0 Å². The average molecular weight is 380 g/mol. The van der Waals surface area contributed by atoms with Crippen molar-refractivity contribution in [1.29, 1.82) is 0 Å². The van der Waals surface area contributed by atoms with E-state index in [1.54, 1.807) is 7.05 Å². The fourth-order valence-corrected chi connectivity index (χ4v) is 3.23. The molecule has 2 aromatic rings. The third-order valence-corrected chi connectivity index (χ3v) is 4.80. The van der Waals surface area contributed by atoms with Crippen molar-refractivity contribution in [2.75, 3.05) is 25.5 Å². The van der Waals surface area contributed by atoms with Gasteiger partial charge in [-0.15, -0.1) is 0 Å². The monoisotopic (exact) mass is 380 g/mol. The summed E-state index contributed by atoms with van der Waals surface area (Å²) >= 11 is 0. The predicted molar refractivity (Wildman–Crippen MR) is 113 cm³/mol. The maximum absolute atomic E-state index is 11.4. The number of nitrogens with zero attached hydrogens (tertiary/aromatic N) is 1. The van der Waals surface area contributed by atoms with Gasteiger partial charge >= 0.3 is 0 Å². The van der Waals surface area contributed by atoms with Crippen LogP contribution in [0, 0.1) is 13.8 Å². The summed E-state index contributed by atoms with van der Waals surface area (Å²) in [6.07, 6.45) is 1.28. The summed E-state index contributed by atoms with van der Waals surface area (Å²) in [4.78, 5) is 15.7. The maximum atomic E-state index is 11.4. The van der Waals surface area contributed by atoms with E-state index >= 15 is 0 Å². The van der Waals surface area contributed by atoms with Gasteiger partial charge in [-0.25, -0.2) is 0 Å². The number of hydrogen-bond acceptors (Lipinski definition) is 3. The minimum atomic E-state index is 0.0741. The van der Waals surface area contributed by atoms with Crippen LogP contribution in [0.3, 0.4) is 0 Å². The van der Waals surface area contributed by atoms with Crippen molar-refractivity contribution in [2.24, 2.45) is 4.99 Å². The predicted octanol–water partition coefficient (Wildman–Crippen LogP) is 2.93. The van der Waals surface area contributed by atoms with E-state index in [-0.39, 0.29) is 5.91 Å². The Balaban J connectivity index is 1.43. The highest BCUT2D eigenvalue weighted by molar-refractivity contribution is 5.94. The topological polar surface area (TPSA) is 74.8 Å². The number of amides is 1. The highest BCUT2D eigenvalue weighted by Crippen LogP contribution is 2.26. The number of anilines is 1. The molecule has 0 atom stereocenters. The molecule has 3 rings (SSSR count). The highest BCUT2D eigenvalue weighted by Gasteiger charge is 2.14. The third-order valence-electron chi connectivity index (χ3n) is 4.80. The van der Waals surface area contributed by atoms with Crippen LogP contribution < -0.4 is 20.7 Å². The summed E-state index contributed by atoms with van der Waals surface area (Å²) in [5.41, 5.74) is 5.81. The number of fused-ring (bicyclic) bond motifs is 1. The molecule has 1 aliphatic rings. The van der Waals surface area contributed by atoms with Crippen LogP contribution in [0.5, 0.6) is 5.75 Å². The van der Waals surface area contributed by atoms with Gasteiger partial charge in [0, 0.05) is 25.7 Å². The molecule has 0 saturated carbocycles. The quantitative estimate of drug-likeness (QED) is 0.409. The van der Waals surface area contributed by atoms with Crippen LogP contribution in [-0.4, -0.2) is 32.1 Å². The standard InChI is InChI=1S/C22H28N4O2/c1-15-4-5-18(16(2)12-15)14-25-22(23-3)24-10-11-28-19-7-8-20-17(13-19)6-9-21(27)26-20/h4-5,7-8,12-13H,6,9-11,14H2,1-3H3,(H,26,27)(H2,23,24,25). The van der Waals surface area contributed by atoms with Gasteiger partial charge in [-0.2, -0.15) is 0 Å². The van der Waals surface area contributed by atoms with Crippen molar-refractivity contribution in [3.63, 3.8) is 0 Å². The first kappa shape index (κ1) is 19.7. The van der Waals surface area contributed by atoms with E-state index in [1.165, 1.54) is 16.7 Å². The smallest absolute Gasteiger partial charge is 0.224 e. The number of hydrogen-bond donors (Lipinski definition) is 3. The van der Waals surface area contributed by atoms with Crippen molar-refractivity contribution < 1.29 is 9.53 Å². The third kappa shape index (κ3) is 5.25. The van der Waals surface area contributed by atoms with E-state index < -0.39 is 0 Å². The van der Waals surface area contributed by atoms with E-state index in [2.05, 4.69) is 53.0 Å². The molecule has 3 N–H and O–H groups in total. The summed E-state index contributed by atoms with van der Waals surface area (Å²) in [5.74, 6) is 1.64. The van der Waals surface area contributed by atoms with E-state index in [0.717, 1.165) is 35.9 Å². The molecule has 0 fully saturated rings. The summed E-state index contributed by atoms with van der Waals surface area (Å²) in [6.45, 7) is 6.11. The second-order valence-corrected chi connectivity index (χ2v) is 7.00. The molecule has 0 aromatic heterocycles. The Morgan fingerprint density at radius 3 is 2.79 bits per heavy atom. The van der Waals surface area contributed by atoms with E-state index in [9.17, 15) is 4.79 Å². The maximum Gasteiger partial charge on any atom is 0.224 e. The first-order valence-corrected chi connectivity index (χ1v) is 9.61. The summed E-state index contributed by atoms with van der Waals surface area (Å²) < 4.78 is 5.83. The highest BCUT2D eigenvalue weighted by atomic mass is 16.5. The van der Waals surface area contributed by atoms with Gasteiger partial charge in [0.2, 0.25) is 5.91 Å². The van der Waals surface area contributed by atoms with Crippen molar-refractivity contribution in [3.8, 4) is 5.75 Å². The van der Waals surface area contributed by atoms with Crippen LogP contribution in [0.4, 0.5) is 5.69 Å². The van der Waals surface area contributed by atoms with E-state index in [1.807, 2.05) is 18.2 Å². The molecule has 0 unspecified atom stereocenters. The zero-order valence-corrected chi connectivity index (χ0v) is 16.8. The lowest BCUT2D eigenvalue weighted by molar-refractivity contribution is -0.116. The molecule has 0 aliphatic carbocycles.